The number of nitrogens with zero attached hydrogens (tertiary/aromatic N) is 1. The molecule has 0 heterocycles. The lowest BCUT2D eigenvalue weighted by Crippen LogP contribution is -2.32. The molecule has 0 aliphatic heterocycles. The number of benzene rings is 2. The largest absolute Gasteiger partial charge is 0.376 e. The quantitative estimate of drug-likeness (QED) is 0.593. The summed E-state index contributed by atoms with van der Waals surface area (Å²) in [4.78, 5) is 12.0. The van der Waals surface area contributed by atoms with Gasteiger partial charge in [-0.15, -0.1) is 0 Å². The fourth-order valence-corrected chi connectivity index (χ4v) is 4.71. The van der Waals surface area contributed by atoms with E-state index >= 15 is 0 Å². The Hall–Kier alpha value is -2.16. The average Bonchev–Trinajstić information content (AvgIpc) is 2.69. The Balaban J connectivity index is 1.93. The predicted molar refractivity (Wildman–Crippen MR) is 113 cm³/mol. The van der Waals surface area contributed by atoms with E-state index in [1.54, 1.807) is 32.0 Å². The lowest BCUT2D eigenvalue weighted by molar-refractivity contribution is -0.119. The number of rotatable bonds is 10. The van der Waals surface area contributed by atoms with Gasteiger partial charge in [-0.1, -0.05) is 37.6 Å². The minimum Gasteiger partial charge on any atom is -0.376 e. The third kappa shape index (κ3) is 6.42. The summed E-state index contributed by atoms with van der Waals surface area (Å²) in [5.41, 5.74) is 1.40. The molecule has 1 amide bonds. The number of hydrogen-bond donors (Lipinski definition) is 2. The second-order valence-electron chi connectivity index (χ2n) is 6.31. The van der Waals surface area contributed by atoms with Gasteiger partial charge >= 0.3 is 0 Å². The van der Waals surface area contributed by atoms with Gasteiger partial charge in [-0.3, -0.25) is 4.79 Å². The summed E-state index contributed by atoms with van der Waals surface area (Å²) in [6, 6.07) is 10.6. The number of nitrogens with one attached hydrogen (secondary N) is 2. The summed E-state index contributed by atoms with van der Waals surface area (Å²) < 4.78 is 39.6. The van der Waals surface area contributed by atoms with Crippen LogP contribution in [-0.4, -0.2) is 44.8 Å². The number of hydrogen-bond acceptors (Lipinski definition) is 4. The highest BCUT2D eigenvalue weighted by Gasteiger charge is 2.24. The fourth-order valence-electron chi connectivity index (χ4n) is 2.76. The van der Waals surface area contributed by atoms with Gasteiger partial charge in [0.2, 0.25) is 15.9 Å². The second kappa shape index (κ2) is 10.6. The number of amides is 1. The normalized spacial score (nSPS) is 11.5. The standard InChI is InChI=1S/C20H25ClFN3O3S/c1-3-25(4-2)29(27,28)19-13-17(9-10-18(19)21)24-14-20(26)23-12-11-15-5-7-16(22)8-6-15/h5-10,13,24H,3-4,11-12,14H2,1-2H3,(H,23,26). The molecule has 0 aromatic heterocycles. The van der Waals surface area contributed by atoms with Crippen molar-refractivity contribution < 1.29 is 17.6 Å². The molecule has 29 heavy (non-hydrogen) atoms. The minimum absolute atomic E-state index is 0.00425. The summed E-state index contributed by atoms with van der Waals surface area (Å²) in [5, 5.41) is 5.80. The number of carbonyl (C=O) groups is 1. The van der Waals surface area contributed by atoms with E-state index in [1.807, 2.05) is 0 Å². The molecular formula is C20H25ClFN3O3S. The highest BCUT2D eigenvalue weighted by atomic mass is 35.5. The molecule has 2 aromatic carbocycles. The van der Waals surface area contributed by atoms with Gasteiger partial charge in [0.25, 0.3) is 0 Å². The molecule has 2 aromatic rings. The Morgan fingerprint density at radius 3 is 2.38 bits per heavy atom. The van der Waals surface area contributed by atoms with Crippen molar-refractivity contribution in [2.24, 2.45) is 0 Å². The third-order valence-electron chi connectivity index (χ3n) is 4.36. The topological polar surface area (TPSA) is 78.5 Å². The SMILES string of the molecule is CCN(CC)S(=O)(=O)c1cc(NCC(=O)NCCc2ccc(F)cc2)ccc1Cl. The molecule has 0 aliphatic rings. The fraction of sp³-hybridized carbons (Fsp3) is 0.350. The maximum atomic E-state index is 12.9. The molecule has 0 fully saturated rings. The molecule has 6 nitrogen and oxygen atoms in total. The molecule has 0 saturated carbocycles. The van der Waals surface area contributed by atoms with Crippen molar-refractivity contribution in [1.82, 2.24) is 9.62 Å². The number of sulfonamides is 1. The van der Waals surface area contributed by atoms with Crippen molar-refractivity contribution in [3.63, 3.8) is 0 Å². The van der Waals surface area contributed by atoms with Gasteiger partial charge in [0.1, 0.15) is 10.7 Å². The smallest absolute Gasteiger partial charge is 0.244 e. The highest BCUT2D eigenvalue weighted by molar-refractivity contribution is 7.89. The van der Waals surface area contributed by atoms with Crippen molar-refractivity contribution in [3.05, 3.63) is 58.9 Å². The monoisotopic (exact) mass is 441 g/mol. The van der Waals surface area contributed by atoms with E-state index in [2.05, 4.69) is 10.6 Å². The molecule has 0 saturated heterocycles. The lowest BCUT2D eigenvalue weighted by atomic mass is 10.1. The van der Waals surface area contributed by atoms with Crippen molar-refractivity contribution >= 4 is 33.2 Å². The molecule has 0 unspecified atom stereocenters. The minimum atomic E-state index is -3.71. The molecule has 0 atom stereocenters. The van der Waals surface area contributed by atoms with Crippen LogP contribution in [0, 0.1) is 5.82 Å². The van der Waals surface area contributed by atoms with E-state index in [4.69, 9.17) is 11.6 Å². The summed E-state index contributed by atoms with van der Waals surface area (Å²) in [5.74, 6) is -0.539. The molecule has 0 bridgehead atoms. The van der Waals surface area contributed by atoms with Crippen molar-refractivity contribution in [3.8, 4) is 0 Å². The Morgan fingerprint density at radius 1 is 1.10 bits per heavy atom. The van der Waals surface area contributed by atoms with E-state index in [9.17, 15) is 17.6 Å². The van der Waals surface area contributed by atoms with Gasteiger partial charge in [-0.2, -0.15) is 4.31 Å². The molecule has 0 radical (unpaired) electrons. The summed E-state index contributed by atoms with van der Waals surface area (Å²) in [6.07, 6.45) is 0.583. The van der Waals surface area contributed by atoms with Crippen LogP contribution in [0.15, 0.2) is 47.4 Å². The van der Waals surface area contributed by atoms with Gasteiger partial charge in [0, 0.05) is 25.3 Å². The number of halogens is 2. The van der Waals surface area contributed by atoms with Crippen LogP contribution in [0.25, 0.3) is 0 Å². The Kier molecular flexibility index (Phi) is 8.43. The molecule has 2 rings (SSSR count). The maximum Gasteiger partial charge on any atom is 0.244 e. The van der Waals surface area contributed by atoms with E-state index in [-0.39, 0.29) is 28.2 Å². The summed E-state index contributed by atoms with van der Waals surface area (Å²) in [6.45, 7) is 4.58. The Labute approximate surface area is 176 Å². The Morgan fingerprint density at radius 2 is 1.76 bits per heavy atom. The van der Waals surface area contributed by atoms with Crippen molar-refractivity contribution in [2.45, 2.75) is 25.2 Å². The zero-order valence-electron chi connectivity index (χ0n) is 16.4. The highest BCUT2D eigenvalue weighted by Crippen LogP contribution is 2.27. The van der Waals surface area contributed by atoms with Gasteiger partial charge in [0.05, 0.1) is 11.6 Å². The molecule has 9 heteroatoms. The first kappa shape index (κ1) is 23.1. The van der Waals surface area contributed by atoms with Crippen LogP contribution in [0.3, 0.4) is 0 Å². The van der Waals surface area contributed by atoms with Crippen LogP contribution in [0.5, 0.6) is 0 Å². The zero-order valence-corrected chi connectivity index (χ0v) is 18.0. The molecule has 158 valence electrons. The van der Waals surface area contributed by atoms with Gasteiger partial charge < -0.3 is 10.6 Å². The van der Waals surface area contributed by atoms with E-state index < -0.39 is 10.0 Å². The summed E-state index contributed by atoms with van der Waals surface area (Å²) >= 11 is 6.10. The first-order valence-corrected chi connectivity index (χ1v) is 11.1. The predicted octanol–water partition coefficient (Wildman–Crippen LogP) is 3.28. The van der Waals surface area contributed by atoms with Crippen LogP contribution in [0.1, 0.15) is 19.4 Å². The molecule has 0 aliphatic carbocycles. The number of anilines is 1. The van der Waals surface area contributed by atoms with E-state index in [0.29, 0.717) is 31.7 Å². The van der Waals surface area contributed by atoms with Crippen molar-refractivity contribution in [1.29, 1.82) is 0 Å². The Bertz CT molecular complexity index is 932. The lowest BCUT2D eigenvalue weighted by Gasteiger charge is -2.20. The van der Waals surface area contributed by atoms with Crippen LogP contribution in [-0.2, 0) is 21.2 Å². The average molecular weight is 442 g/mol. The van der Waals surface area contributed by atoms with Gasteiger partial charge in [-0.25, -0.2) is 12.8 Å². The third-order valence-corrected chi connectivity index (χ3v) is 6.89. The van der Waals surface area contributed by atoms with Crippen LogP contribution in [0.2, 0.25) is 5.02 Å². The molecular weight excluding hydrogens is 417 g/mol. The van der Waals surface area contributed by atoms with Crippen LogP contribution in [0.4, 0.5) is 10.1 Å². The van der Waals surface area contributed by atoms with E-state index in [0.717, 1.165) is 5.56 Å². The zero-order chi connectivity index (χ0) is 21.4. The van der Waals surface area contributed by atoms with Gasteiger partial charge in [0.15, 0.2) is 0 Å². The first-order valence-electron chi connectivity index (χ1n) is 9.32. The molecule has 2 N–H and O–H groups in total. The summed E-state index contributed by atoms with van der Waals surface area (Å²) in [7, 11) is -3.71. The first-order chi connectivity index (χ1) is 13.8. The maximum absolute atomic E-state index is 12.9. The molecule has 0 spiro atoms. The van der Waals surface area contributed by atoms with Crippen molar-refractivity contribution in [2.75, 3.05) is 31.5 Å². The number of carbonyl (C=O) groups excluding carboxylic acids is 1. The van der Waals surface area contributed by atoms with Gasteiger partial charge in [-0.05, 0) is 42.3 Å². The van der Waals surface area contributed by atoms with E-state index in [1.165, 1.54) is 28.6 Å². The van der Waals surface area contributed by atoms with Crippen LogP contribution < -0.4 is 10.6 Å². The second-order valence-corrected chi connectivity index (χ2v) is 8.63. The van der Waals surface area contributed by atoms with Crippen LogP contribution >= 0.6 is 11.6 Å².